The fraction of sp³-hybridized carbons (Fsp3) is 0.250. The van der Waals surface area contributed by atoms with Crippen molar-refractivity contribution in [2.45, 2.75) is 6.92 Å². The van der Waals surface area contributed by atoms with Gasteiger partial charge < -0.3 is 15.1 Å². The van der Waals surface area contributed by atoms with Crippen molar-refractivity contribution in [3.05, 3.63) is 58.3 Å². The SMILES string of the molecule is CC(=O)N1CCN(c2ccc(C(=O)Nc3cccc4cn[nH]c34)cc2[N+](=O)[O-])CC1. The first-order chi connectivity index (χ1) is 14.4. The van der Waals surface area contributed by atoms with Gasteiger partial charge >= 0.3 is 0 Å². The number of hydrogen-bond donors (Lipinski definition) is 2. The van der Waals surface area contributed by atoms with Crippen molar-refractivity contribution < 1.29 is 14.5 Å². The van der Waals surface area contributed by atoms with Gasteiger partial charge in [-0.1, -0.05) is 12.1 Å². The predicted molar refractivity (Wildman–Crippen MR) is 112 cm³/mol. The lowest BCUT2D eigenvalue weighted by molar-refractivity contribution is -0.384. The molecule has 1 saturated heterocycles. The molecule has 4 rings (SSSR count). The topological polar surface area (TPSA) is 124 Å². The highest BCUT2D eigenvalue weighted by atomic mass is 16.6. The smallest absolute Gasteiger partial charge is 0.293 e. The number of hydrogen-bond acceptors (Lipinski definition) is 6. The number of carbonyl (C=O) groups is 2. The zero-order valence-electron chi connectivity index (χ0n) is 16.3. The highest BCUT2D eigenvalue weighted by molar-refractivity contribution is 6.08. The molecule has 0 radical (unpaired) electrons. The quantitative estimate of drug-likeness (QED) is 0.504. The van der Waals surface area contributed by atoms with Gasteiger partial charge in [0.05, 0.1) is 22.3 Å². The number of anilines is 2. The van der Waals surface area contributed by atoms with Crippen LogP contribution in [0, 0.1) is 10.1 Å². The maximum atomic E-state index is 12.7. The summed E-state index contributed by atoms with van der Waals surface area (Å²) >= 11 is 0. The second-order valence-corrected chi connectivity index (χ2v) is 7.05. The van der Waals surface area contributed by atoms with Crippen LogP contribution < -0.4 is 10.2 Å². The molecule has 30 heavy (non-hydrogen) atoms. The number of fused-ring (bicyclic) bond motifs is 1. The molecule has 10 nitrogen and oxygen atoms in total. The van der Waals surface area contributed by atoms with Gasteiger partial charge in [0.1, 0.15) is 5.69 Å². The molecule has 0 bridgehead atoms. The first-order valence-electron chi connectivity index (χ1n) is 9.46. The number of nitrogens with zero attached hydrogens (tertiary/aromatic N) is 4. The fourth-order valence-electron chi connectivity index (χ4n) is 3.61. The summed E-state index contributed by atoms with van der Waals surface area (Å²) in [7, 11) is 0. The van der Waals surface area contributed by atoms with Crippen LogP contribution in [-0.4, -0.2) is 58.0 Å². The van der Waals surface area contributed by atoms with E-state index in [0.717, 1.165) is 5.39 Å². The second kappa shape index (κ2) is 7.82. The monoisotopic (exact) mass is 408 g/mol. The second-order valence-electron chi connectivity index (χ2n) is 7.05. The number of nitrogens with one attached hydrogen (secondary N) is 2. The summed E-state index contributed by atoms with van der Waals surface area (Å²) in [5, 5.41) is 22.1. The van der Waals surface area contributed by atoms with Crippen molar-refractivity contribution in [3.8, 4) is 0 Å². The Morgan fingerprint density at radius 2 is 1.93 bits per heavy atom. The van der Waals surface area contributed by atoms with E-state index in [1.54, 1.807) is 35.4 Å². The molecule has 2 amide bonds. The van der Waals surface area contributed by atoms with Gasteiger partial charge in [-0.3, -0.25) is 24.8 Å². The molecule has 2 N–H and O–H groups in total. The molecule has 1 aliphatic rings. The highest BCUT2D eigenvalue weighted by Crippen LogP contribution is 2.31. The Bertz CT molecular complexity index is 1130. The lowest BCUT2D eigenvalue weighted by atomic mass is 10.1. The molecule has 10 heteroatoms. The summed E-state index contributed by atoms with van der Waals surface area (Å²) < 4.78 is 0. The molecule has 0 saturated carbocycles. The van der Waals surface area contributed by atoms with E-state index in [0.29, 0.717) is 43.1 Å². The number of para-hydroxylation sites is 1. The molecule has 1 fully saturated rings. The summed E-state index contributed by atoms with van der Waals surface area (Å²) in [6.07, 6.45) is 1.65. The van der Waals surface area contributed by atoms with Crippen molar-refractivity contribution in [2.24, 2.45) is 0 Å². The van der Waals surface area contributed by atoms with Crippen LogP contribution in [0.2, 0.25) is 0 Å². The molecular weight excluding hydrogens is 388 g/mol. The molecule has 2 aromatic carbocycles. The van der Waals surface area contributed by atoms with E-state index in [1.165, 1.54) is 13.0 Å². The Labute approximate surface area is 171 Å². The molecule has 3 aromatic rings. The molecule has 154 valence electrons. The number of aromatic nitrogens is 2. The van der Waals surface area contributed by atoms with E-state index < -0.39 is 10.8 Å². The number of aromatic amines is 1. The maximum Gasteiger partial charge on any atom is 0.293 e. The summed E-state index contributed by atoms with van der Waals surface area (Å²) in [6.45, 7) is 3.50. The predicted octanol–water partition coefficient (Wildman–Crippen LogP) is 2.39. The Morgan fingerprint density at radius 1 is 1.17 bits per heavy atom. The molecular formula is C20H20N6O4. The number of benzene rings is 2. The van der Waals surface area contributed by atoms with Gasteiger partial charge in [-0.25, -0.2) is 0 Å². The molecule has 1 aromatic heterocycles. The van der Waals surface area contributed by atoms with Crippen molar-refractivity contribution >= 4 is 39.8 Å². The van der Waals surface area contributed by atoms with Crippen molar-refractivity contribution in [3.63, 3.8) is 0 Å². The lowest BCUT2D eigenvalue weighted by Crippen LogP contribution is -2.48. The van der Waals surface area contributed by atoms with E-state index in [4.69, 9.17) is 0 Å². The zero-order chi connectivity index (χ0) is 21.3. The van der Waals surface area contributed by atoms with E-state index in [1.807, 2.05) is 11.0 Å². The molecule has 0 aliphatic carbocycles. The molecule has 1 aliphatic heterocycles. The first kappa shape index (κ1) is 19.4. The number of H-pyrrole nitrogens is 1. The average molecular weight is 408 g/mol. The minimum Gasteiger partial charge on any atom is -0.362 e. The van der Waals surface area contributed by atoms with Crippen LogP contribution in [-0.2, 0) is 4.79 Å². The van der Waals surface area contributed by atoms with Crippen LogP contribution in [0.1, 0.15) is 17.3 Å². The summed E-state index contributed by atoms with van der Waals surface area (Å²) in [5.41, 5.74) is 1.71. The van der Waals surface area contributed by atoms with E-state index in [2.05, 4.69) is 15.5 Å². The van der Waals surface area contributed by atoms with Gasteiger partial charge in [0.25, 0.3) is 11.6 Å². The Balaban J connectivity index is 1.57. The Kier molecular flexibility index (Phi) is 5.05. The summed E-state index contributed by atoms with van der Waals surface area (Å²) in [5.74, 6) is -0.461. The standard InChI is InChI=1S/C20H20N6O4/c1-13(27)24-7-9-25(10-8-24)17-6-5-14(11-18(17)26(29)30)20(28)22-16-4-2-3-15-12-21-23-19(15)16/h2-6,11-12H,7-10H2,1H3,(H,21,23)(H,22,28). The molecule has 0 spiro atoms. The van der Waals surface area contributed by atoms with Crippen molar-refractivity contribution in [1.82, 2.24) is 15.1 Å². The number of rotatable bonds is 4. The van der Waals surface area contributed by atoms with Gasteiger partial charge in [0.2, 0.25) is 5.91 Å². The van der Waals surface area contributed by atoms with Gasteiger partial charge in [-0.2, -0.15) is 5.10 Å². The van der Waals surface area contributed by atoms with Crippen LogP contribution in [0.5, 0.6) is 0 Å². The Morgan fingerprint density at radius 3 is 2.63 bits per heavy atom. The zero-order valence-corrected chi connectivity index (χ0v) is 16.3. The number of nitro groups is 1. The Hall–Kier alpha value is -3.95. The number of nitro benzene ring substituents is 1. The van der Waals surface area contributed by atoms with Crippen molar-refractivity contribution in [1.29, 1.82) is 0 Å². The first-order valence-corrected chi connectivity index (χ1v) is 9.46. The molecule has 0 unspecified atom stereocenters. The van der Waals surface area contributed by atoms with Gasteiger partial charge in [-0.15, -0.1) is 0 Å². The third-order valence-electron chi connectivity index (χ3n) is 5.22. The van der Waals surface area contributed by atoms with Gasteiger partial charge in [0.15, 0.2) is 0 Å². The largest absolute Gasteiger partial charge is 0.362 e. The van der Waals surface area contributed by atoms with Crippen LogP contribution >= 0.6 is 0 Å². The lowest BCUT2D eigenvalue weighted by Gasteiger charge is -2.35. The minimum atomic E-state index is -0.487. The van der Waals surface area contributed by atoms with Gasteiger partial charge in [0, 0.05) is 50.1 Å². The maximum absolute atomic E-state index is 12.7. The summed E-state index contributed by atoms with van der Waals surface area (Å²) in [6, 6.07) is 9.83. The van der Waals surface area contributed by atoms with Crippen LogP contribution in [0.25, 0.3) is 10.9 Å². The third kappa shape index (κ3) is 3.66. The van der Waals surface area contributed by atoms with Crippen LogP contribution in [0.4, 0.5) is 17.1 Å². The van der Waals surface area contributed by atoms with Crippen molar-refractivity contribution in [2.75, 3.05) is 36.4 Å². The van der Waals surface area contributed by atoms with E-state index in [9.17, 15) is 19.7 Å². The van der Waals surface area contributed by atoms with Gasteiger partial charge in [-0.05, 0) is 18.2 Å². The van der Waals surface area contributed by atoms with Crippen LogP contribution in [0.3, 0.4) is 0 Å². The highest BCUT2D eigenvalue weighted by Gasteiger charge is 2.26. The van der Waals surface area contributed by atoms with Crippen LogP contribution in [0.15, 0.2) is 42.6 Å². The number of piperazine rings is 1. The minimum absolute atomic E-state index is 0.0107. The van der Waals surface area contributed by atoms with E-state index in [-0.39, 0.29) is 17.2 Å². The number of amides is 2. The third-order valence-corrected chi connectivity index (χ3v) is 5.22. The normalized spacial score (nSPS) is 14.0. The number of carbonyl (C=O) groups excluding carboxylic acids is 2. The van der Waals surface area contributed by atoms with E-state index >= 15 is 0 Å². The average Bonchev–Trinajstić information content (AvgIpc) is 3.23. The summed E-state index contributed by atoms with van der Waals surface area (Å²) in [4.78, 5) is 39.0. The fourth-order valence-corrected chi connectivity index (χ4v) is 3.61. The molecule has 2 heterocycles. The molecule has 0 atom stereocenters.